The highest BCUT2D eigenvalue weighted by Crippen LogP contribution is 2.24. The predicted molar refractivity (Wildman–Crippen MR) is 330 cm³/mol. The molecule has 0 bridgehead atoms. The zero-order valence-electron chi connectivity index (χ0n) is 51.1. The van der Waals surface area contributed by atoms with Crippen molar-refractivity contribution in [3.8, 4) is 0 Å². The van der Waals surface area contributed by atoms with Crippen LogP contribution in [-0.4, -0.2) is 110 Å². The van der Waals surface area contributed by atoms with Crippen LogP contribution in [0.3, 0.4) is 0 Å². The minimum atomic E-state index is -1.67. The third-order valence-corrected chi connectivity index (χ3v) is 16.1. The minimum absolute atomic E-state index is 0.241. The molecule has 79 heavy (non-hydrogen) atoms. The van der Waals surface area contributed by atoms with Gasteiger partial charge in [-0.05, 0) is 89.9 Å². The molecule has 0 saturated carbocycles. The van der Waals surface area contributed by atoms with Crippen LogP contribution in [-0.2, 0) is 14.3 Å². The van der Waals surface area contributed by atoms with Gasteiger partial charge < -0.3 is 50.5 Å². The van der Waals surface area contributed by atoms with Gasteiger partial charge in [0.05, 0.1) is 25.4 Å². The van der Waals surface area contributed by atoms with Gasteiger partial charge in [-0.1, -0.05) is 268 Å². The monoisotopic (exact) mass is 1120 g/mol. The maximum absolute atomic E-state index is 13.2. The fraction of sp³-hybridized carbons (Fsp3) is 0.868. The van der Waals surface area contributed by atoms with Crippen molar-refractivity contribution in [2.75, 3.05) is 13.2 Å². The molecule has 1 aliphatic rings. The van der Waals surface area contributed by atoms with E-state index in [1.54, 1.807) is 0 Å². The Hall–Kier alpha value is -1.93. The van der Waals surface area contributed by atoms with Crippen molar-refractivity contribution >= 4 is 5.91 Å². The zero-order chi connectivity index (χ0) is 57.5. The first kappa shape index (κ1) is 75.1. The summed E-state index contributed by atoms with van der Waals surface area (Å²) in [5, 5.41) is 76.2. The molecule has 1 heterocycles. The fourth-order valence-corrected chi connectivity index (χ4v) is 10.6. The third kappa shape index (κ3) is 44.3. The zero-order valence-corrected chi connectivity index (χ0v) is 51.1. The Morgan fingerprint density at radius 2 is 0.759 bits per heavy atom. The van der Waals surface area contributed by atoms with Crippen molar-refractivity contribution in [1.29, 1.82) is 0 Å². The Labute approximate surface area is 485 Å². The molecule has 1 amide bonds. The lowest BCUT2D eigenvalue weighted by Gasteiger charge is -2.40. The quantitative estimate of drug-likeness (QED) is 0.0215. The first-order valence-corrected chi connectivity index (χ1v) is 33.5. The van der Waals surface area contributed by atoms with Crippen LogP contribution in [0.1, 0.15) is 309 Å². The van der Waals surface area contributed by atoms with Crippen molar-refractivity contribution in [3.63, 3.8) is 0 Å². The lowest BCUT2D eigenvalue weighted by Crippen LogP contribution is -2.60. The smallest absolute Gasteiger partial charge is 0.249 e. The molecule has 1 rings (SSSR count). The van der Waals surface area contributed by atoms with E-state index < -0.39 is 74.2 Å². The summed E-state index contributed by atoms with van der Waals surface area (Å²) in [6, 6.07) is -1.20. The first-order chi connectivity index (χ1) is 38.7. The normalized spacial score (nSPS) is 19.6. The summed E-state index contributed by atoms with van der Waals surface area (Å²) in [4.78, 5) is 13.2. The molecule has 0 radical (unpaired) electrons. The van der Waals surface area contributed by atoms with E-state index in [1.165, 1.54) is 218 Å². The molecule has 11 nitrogen and oxygen atoms in total. The van der Waals surface area contributed by atoms with Crippen molar-refractivity contribution in [1.82, 2.24) is 5.32 Å². The maximum atomic E-state index is 13.2. The van der Waals surface area contributed by atoms with Crippen molar-refractivity contribution in [3.05, 3.63) is 48.6 Å². The van der Waals surface area contributed by atoms with E-state index in [4.69, 9.17) is 9.47 Å². The van der Waals surface area contributed by atoms with Crippen LogP contribution in [0.4, 0.5) is 0 Å². The van der Waals surface area contributed by atoms with Crippen LogP contribution >= 0.6 is 0 Å². The molecule has 0 aromatic carbocycles. The van der Waals surface area contributed by atoms with Gasteiger partial charge in [0.2, 0.25) is 5.91 Å². The lowest BCUT2D eigenvalue weighted by molar-refractivity contribution is -0.303. The average Bonchev–Trinajstić information content (AvgIpc) is 3.46. The number of aliphatic hydroxyl groups excluding tert-OH is 7. The van der Waals surface area contributed by atoms with Crippen LogP contribution in [0.2, 0.25) is 0 Å². The summed E-state index contributed by atoms with van der Waals surface area (Å²) in [5.41, 5.74) is 0. The number of nitrogens with one attached hydrogen (secondary N) is 1. The molecule has 11 heteroatoms. The van der Waals surface area contributed by atoms with Gasteiger partial charge in [-0.2, -0.15) is 0 Å². The molecule has 1 fully saturated rings. The maximum Gasteiger partial charge on any atom is 0.249 e. The molecule has 1 aliphatic heterocycles. The summed E-state index contributed by atoms with van der Waals surface area (Å²) in [5.74, 6) is -0.710. The van der Waals surface area contributed by atoms with Crippen LogP contribution in [0.15, 0.2) is 48.6 Å². The van der Waals surface area contributed by atoms with Gasteiger partial charge in [0, 0.05) is 0 Å². The third-order valence-electron chi connectivity index (χ3n) is 16.1. The van der Waals surface area contributed by atoms with E-state index in [0.717, 1.165) is 44.9 Å². The molecule has 0 aliphatic carbocycles. The SMILES string of the molecule is CCCCC/C=C/CC/C=C/CC/C=C/CCCC(O)C(O)C(COC1OC(CO)C(O)C(O)C1O)NC(=O)C(O)CCCCCCCCCCCCCCCCCC/C=C\CCCCCCCCCCCCCCCCCC. The van der Waals surface area contributed by atoms with Crippen molar-refractivity contribution < 1.29 is 50.0 Å². The highest BCUT2D eigenvalue weighted by molar-refractivity contribution is 5.80. The molecule has 8 N–H and O–H groups in total. The van der Waals surface area contributed by atoms with E-state index in [1.807, 2.05) is 0 Å². The van der Waals surface area contributed by atoms with Gasteiger partial charge in [-0.15, -0.1) is 0 Å². The van der Waals surface area contributed by atoms with Gasteiger partial charge in [0.1, 0.15) is 36.6 Å². The van der Waals surface area contributed by atoms with Crippen molar-refractivity contribution in [2.45, 2.75) is 364 Å². The van der Waals surface area contributed by atoms with Gasteiger partial charge in [0.15, 0.2) is 6.29 Å². The van der Waals surface area contributed by atoms with Gasteiger partial charge >= 0.3 is 0 Å². The van der Waals surface area contributed by atoms with E-state index in [-0.39, 0.29) is 12.8 Å². The van der Waals surface area contributed by atoms with E-state index in [0.29, 0.717) is 19.3 Å². The summed E-state index contributed by atoms with van der Waals surface area (Å²) < 4.78 is 11.1. The van der Waals surface area contributed by atoms with E-state index in [9.17, 15) is 40.5 Å². The molecular formula is C68H127NO10. The first-order valence-electron chi connectivity index (χ1n) is 33.5. The number of carbonyl (C=O) groups excluding carboxylic acids is 1. The van der Waals surface area contributed by atoms with Crippen LogP contribution < -0.4 is 5.32 Å². The lowest BCUT2D eigenvalue weighted by atomic mass is 9.98. The Kier molecular flexibility index (Phi) is 53.7. The Morgan fingerprint density at radius 3 is 1.15 bits per heavy atom. The van der Waals surface area contributed by atoms with Gasteiger partial charge in [0.25, 0.3) is 0 Å². The standard InChI is InChI=1S/C68H127NO10/c1-3-5-7-9-11-13-15-17-19-21-22-23-24-25-26-27-28-29-30-31-32-33-34-35-36-37-38-39-40-42-44-46-48-50-52-54-56-61(72)67(77)69-59(58-78-68-66(76)65(75)64(74)62(57-70)79-68)63(73)60(71)55-53-51-49-47-45-43-41-20-18-16-14-12-10-8-6-4-2/h12,14,20,29-30,41,47,49,59-66,68,70-76H,3-11,13,15-19,21-28,31-40,42-46,48,50-58H2,1-2H3,(H,69,77)/b14-12+,30-29-,41-20+,49-47+. The second kappa shape index (κ2) is 56.5. The second-order valence-electron chi connectivity index (χ2n) is 23.5. The molecule has 0 spiro atoms. The molecular weight excluding hydrogens is 991 g/mol. The van der Waals surface area contributed by atoms with Crippen molar-refractivity contribution in [2.24, 2.45) is 0 Å². The fourth-order valence-electron chi connectivity index (χ4n) is 10.6. The number of hydrogen-bond acceptors (Lipinski definition) is 10. The summed E-state index contributed by atoms with van der Waals surface area (Å²) in [6.07, 6.45) is 62.1. The molecule has 0 aromatic heterocycles. The summed E-state index contributed by atoms with van der Waals surface area (Å²) in [6.45, 7) is 3.43. The highest BCUT2D eigenvalue weighted by atomic mass is 16.7. The number of rotatable bonds is 58. The number of unbranched alkanes of at least 4 members (excludes halogenated alkanes) is 38. The molecule has 9 unspecified atom stereocenters. The average molecular weight is 1120 g/mol. The van der Waals surface area contributed by atoms with E-state index >= 15 is 0 Å². The van der Waals surface area contributed by atoms with Crippen LogP contribution in [0, 0.1) is 0 Å². The van der Waals surface area contributed by atoms with Crippen LogP contribution in [0.25, 0.3) is 0 Å². The molecule has 9 atom stereocenters. The van der Waals surface area contributed by atoms with Gasteiger partial charge in [-0.3, -0.25) is 4.79 Å². The Bertz CT molecular complexity index is 1420. The number of allylic oxidation sites excluding steroid dienone is 8. The minimum Gasteiger partial charge on any atom is -0.394 e. The Balaban J connectivity index is 2.16. The number of ether oxygens (including phenoxy) is 2. The van der Waals surface area contributed by atoms with Gasteiger partial charge in [-0.25, -0.2) is 0 Å². The van der Waals surface area contributed by atoms with E-state index in [2.05, 4.69) is 67.8 Å². The molecule has 1 saturated heterocycles. The second-order valence-corrected chi connectivity index (χ2v) is 23.5. The topological polar surface area (TPSA) is 189 Å². The highest BCUT2D eigenvalue weighted by Gasteiger charge is 2.44. The number of aliphatic hydroxyl groups is 7. The predicted octanol–water partition coefficient (Wildman–Crippen LogP) is 15.6. The molecule has 0 aromatic rings. The number of carbonyl (C=O) groups is 1. The largest absolute Gasteiger partial charge is 0.394 e. The Morgan fingerprint density at radius 1 is 0.430 bits per heavy atom. The summed E-state index contributed by atoms with van der Waals surface area (Å²) in [7, 11) is 0. The summed E-state index contributed by atoms with van der Waals surface area (Å²) >= 11 is 0. The number of hydrogen-bond donors (Lipinski definition) is 8. The van der Waals surface area contributed by atoms with Crippen LogP contribution in [0.5, 0.6) is 0 Å². The number of amides is 1. The molecule has 464 valence electrons.